The zero-order chi connectivity index (χ0) is 19.2. The maximum atomic E-state index is 12.3. The molecule has 0 spiro atoms. The third-order valence-corrected chi connectivity index (χ3v) is 4.55. The molecule has 0 atom stereocenters. The fourth-order valence-electron chi connectivity index (χ4n) is 2.98. The molecule has 0 radical (unpaired) electrons. The summed E-state index contributed by atoms with van der Waals surface area (Å²) in [5.74, 6) is -1.30. The zero-order valence-electron chi connectivity index (χ0n) is 14.4. The van der Waals surface area contributed by atoms with Gasteiger partial charge < -0.3 is 14.4 Å². The second-order valence-corrected chi connectivity index (χ2v) is 6.14. The molecule has 6 nitrogen and oxygen atoms in total. The van der Waals surface area contributed by atoms with Gasteiger partial charge in [-0.1, -0.05) is 19.3 Å². The van der Waals surface area contributed by atoms with Crippen LogP contribution in [0.25, 0.3) is 0 Å². The van der Waals surface area contributed by atoms with Crippen LogP contribution in [0.3, 0.4) is 0 Å². The highest BCUT2D eigenvalue weighted by Crippen LogP contribution is 2.32. The lowest BCUT2D eigenvalue weighted by atomic mass is 9.81. The number of likely N-dealkylation sites (N-methyl/N-ethyl adjacent to an activating group) is 1. The quantitative estimate of drug-likeness (QED) is 0.723. The van der Waals surface area contributed by atoms with E-state index < -0.39 is 30.6 Å². The van der Waals surface area contributed by atoms with Gasteiger partial charge in [-0.2, -0.15) is 14.0 Å². The Kier molecular flexibility index (Phi) is 6.50. The molecule has 0 saturated heterocycles. The van der Waals surface area contributed by atoms with Crippen LogP contribution >= 0.6 is 0 Å². The summed E-state index contributed by atoms with van der Waals surface area (Å²) in [6.45, 7) is -3.44. The van der Waals surface area contributed by atoms with Crippen LogP contribution < -0.4 is 4.74 Å². The van der Waals surface area contributed by atoms with Crippen LogP contribution in [-0.2, 0) is 9.53 Å². The standard InChI is InChI=1S/C18H20F2N2O4/c1-22(18(12-21)9-3-2-4-10-18)15(23)11-25-16(24)13-5-7-14(8-6-13)26-17(19)20/h5-8,17H,2-4,9-11H2,1H3. The van der Waals surface area contributed by atoms with Crippen molar-refractivity contribution in [2.75, 3.05) is 13.7 Å². The Morgan fingerprint density at radius 3 is 2.38 bits per heavy atom. The number of ether oxygens (including phenoxy) is 2. The summed E-state index contributed by atoms with van der Waals surface area (Å²) < 4.78 is 33.4. The molecule has 2 rings (SSSR count). The molecule has 0 heterocycles. The summed E-state index contributed by atoms with van der Waals surface area (Å²) in [5, 5.41) is 9.49. The summed E-state index contributed by atoms with van der Waals surface area (Å²) >= 11 is 0. The Morgan fingerprint density at radius 1 is 1.23 bits per heavy atom. The molecule has 1 amide bonds. The Bertz CT molecular complexity index is 679. The minimum absolute atomic E-state index is 0.0828. The average Bonchev–Trinajstić information content (AvgIpc) is 2.65. The molecule has 140 valence electrons. The molecule has 0 bridgehead atoms. The van der Waals surface area contributed by atoms with E-state index in [2.05, 4.69) is 10.8 Å². The van der Waals surface area contributed by atoms with Crippen molar-refractivity contribution in [3.63, 3.8) is 0 Å². The number of halogens is 2. The first-order valence-corrected chi connectivity index (χ1v) is 8.28. The number of carbonyl (C=O) groups is 2. The van der Waals surface area contributed by atoms with Gasteiger partial charge in [0.25, 0.3) is 5.91 Å². The van der Waals surface area contributed by atoms with E-state index in [1.807, 2.05) is 0 Å². The summed E-state index contributed by atoms with van der Waals surface area (Å²) in [7, 11) is 1.54. The van der Waals surface area contributed by atoms with Crippen molar-refractivity contribution in [1.29, 1.82) is 5.26 Å². The third kappa shape index (κ3) is 4.69. The molecule has 8 heteroatoms. The van der Waals surface area contributed by atoms with E-state index in [0.717, 1.165) is 19.3 Å². The number of rotatable bonds is 6. The van der Waals surface area contributed by atoms with Crippen molar-refractivity contribution in [3.8, 4) is 11.8 Å². The molecule has 1 saturated carbocycles. The van der Waals surface area contributed by atoms with E-state index in [1.54, 1.807) is 7.05 Å². The average molecular weight is 366 g/mol. The minimum Gasteiger partial charge on any atom is -0.452 e. The van der Waals surface area contributed by atoms with Gasteiger partial charge in [0.05, 0.1) is 11.6 Å². The monoisotopic (exact) mass is 366 g/mol. The zero-order valence-corrected chi connectivity index (χ0v) is 14.4. The number of hydrogen-bond donors (Lipinski definition) is 0. The molecule has 0 N–H and O–H groups in total. The van der Waals surface area contributed by atoms with Gasteiger partial charge in [0.1, 0.15) is 11.3 Å². The highest BCUT2D eigenvalue weighted by molar-refractivity contribution is 5.91. The summed E-state index contributed by atoms with van der Waals surface area (Å²) in [6, 6.07) is 7.19. The third-order valence-electron chi connectivity index (χ3n) is 4.55. The maximum Gasteiger partial charge on any atom is 0.387 e. The number of alkyl halides is 2. The lowest BCUT2D eigenvalue weighted by Crippen LogP contribution is -2.51. The largest absolute Gasteiger partial charge is 0.452 e. The van der Waals surface area contributed by atoms with Crippen molar-refractivity contribution in [1.82, 2.24) is 4.90 Å². The fraction of sp³-hybridized carbons (Fsp3) is 0.500. The van der Waals surface area contributed by atoms with E-state index in [0.29, 0.717) is 12.8 Å². The molecule has 1 aromatic carbocycles. The van der Waals surface area contributed by atoms with E-state index >= 15 is 0 Å². The number of amides is 1. The van der Waals surface area contributed by atoms with Crippen LogP contribution in [0.2, 0.25) is 0 Å². The Hall–Kier alpha value is -2.69. The Morgan fingerprint density at radius 2 is 1.85 bits per heavy atom. The highest BCUT2D eigenvalue weighted by Gasteiger charge is 2.39. The first-order valence-electron chi connectivity index (χ1n) is 8.28. The van der Waals surface area contributed by atoms with Crippen LogP contribution in [0.4, 0.5) is 8.78 Å². The molecule has 1 fully saturated rings. The van der Waals surface area contributed by atoms with Crippen LogP contribution in [0.5, 0.6) is 5.75 Å². The predicted octanol–water partition coefficient (Wildman–Crippen LogP) is 3.13. The highest BCUT2D eigenvalue weighted by atomic mass is 19.3. The van der Waals surface area contributed by atoms with Crippen LogP contribution in [-0.4, -0.2) is 42.6 Å². The first-order chi connectivity index (χ1) is 12.4. The molecular weight excluding hydrogens is 346 g/mol. The van der Waals surface area contributed by atoms with E-state index in [9.17, 15) is 23.6 Å². The molecular formula is C18H20F2N2O4. The molecule has 1 aromatic rings. The van der Waals surface area contributed by atoms with Gasteiger partial charge in [-0.25, -0.2) is 4.79 Å². The molecule has 26 heavy (non-hydrogen) atoms. The van der Waals surface area contributed by atoms with Gasteiger partial charge in [-0.15, -0.1) is 0 Å². The minimum atomic E-state index is -2.95. The maximum absolute atomic E-state index is 12.3. The molecule has 1 aliphatic rings. The molecule has 0 aromatic heterocycles. The van der Waals surface area contributed by atoms with Crippen molar-refractivity contribution in [2.45, 2.75) is 44.3 Å². The van der Waals surface area contributed by atoms with E-state index in [-0.39, 0.29) is 11.3 Å². The number of nitriles is 1. The van der Waals surface area contributed by atoms with Gasteiger partial charge in [0, 0.05) is 7.05 Å². The summed E-state index contributed by atoms with van der Waals surface area (Å²) in [5.41, 5.74) is -0.745. The SMILES string of the molecule is CN(C(=O)COC(=O)c1ccc(OC(F)F)cc1)C1(C#N)CCCCC1. The van der Waals surface area contributed by atoms with Crippen molar-refractivity contribution < 1.29 is 27.8 Å². The fourth-order valence-corrected chi connectivity index (χ4v) is 2.98. The topological polar surface area (TPSA) is 79.6 Å². The first kappa shape index (κ1) is 19.6. The smallest absolute Gasteiger partial charge is 0.387 e. The van der Waals surface area contributed by atoms with Crippen LogP contribution in [0, 0.1) is 11.3 Å². The Labute approximate surface area is 150 Å². The van der Waals surface area contributed by atoms with Crippen molar-refractivity contribution in [3.05, 3.63) is 29.8 Å². The second kappa shape index (κ2) is 8.61. The molecule has 0 unspecified atom stereocenters. The van der Waals surface area contributed by atoms with E-state index in [1.165, 1.54) is 29.2 Å². The summed E-state index contributed by atoms with van der Waals surface area (Å²) in [4.78, 5) is 25.7. The number of esters is 1. The molecule has 0 aliphatic heterocycles. The van der Waals surface area contributed by atoms with E-state index in [4.69, 9.17) is 4.74 Å². The van der Waals surface area contributed by atoms with Gasteiger partial charge in [-0.3, -0.25) is 4.79 Å². The normalized spacial score (nSPS) is 15.8. The van der Waals surface area contributed by atoms with Gasteiger partial charge in [0.15, 0.2) is 6.61 Å². The van der Waals surface area contributed by atoms with Gasteiger partial charge in [-0.05, 0) is 37.1 Å². The van der Waals surface area contributed by atoms with Crippen molar-refractivity contribution in [2.24, 2.45) is 0 Å². The van der Waals surface area contributed by atoms with Gasteiger partial charge >= 0.3 is 12.6 Å². The van der Waals surface area contributed by atoms with Crippen LogP contribution in [0.1, 0.15) is 42.5 Å². The van der Waals surface area contributed by atoms with Gasteiger partial charge in [0.2, 0.25) is 0 Å². The van der Waals surface area contributed by atoms with Crippen molar-refractivity contribution >= 4 is 11.9 Å². The summed E-state index contributed by atoms with van der Waals surface area (Å²) in [6.07, 6.45) is 3.98. The number of hydrogen-bond acceptors (Lipinski definition) is 5. The predicted molar refractivity (Wildman–Crippen MR) is 87.6 cm³/mol. The van der Waals surface area contributed by atoms with Crippen LogP contribution in [0.15, 0.2) is 24.3 Å². The Balaban J connectivity index is 1.91. The lowest BCUT2D eigenvalue weighted by molar-refractivity contribution is -0.138. The lowest BCUT2D eigenvalue weighted by Gasteiger charge is -2.38. The number of carbonyl (C=O) groups excluding carboxylic acids is 2. The molecule has 1 aliphatic carbocycles. The second-order valence-electron chi connectivity index (χ2n) is 6.14. The number of nitrogens with zero attached hydrogens (tertiary/aromatic N) is 2. The number of benzene rings is 1.